The van der Waals surface area contributed by atoms with Crippen LogP contribution in [0.5, 0.6) is 0 Å². The molecule has 38 heavy (non-hydrogen) atoms. The van der Waals surface area contributed by atoms with Crippen molar-refractivity contribution in [3.63, 3.8) is 0 Å². The number of amides is 2. The molecule has 2 N–H and O–H groups in total. The molecule has 0 fully saturated rings. The van der Waals surface area contributed by atoms with Gasteiger partial charge in [-0.2, -0.15) is 18.3 Å². The quantitative estimate of drug-likeness (QED) is 0.310. The van der Waals surface area contributed by atoms with Gasteiger partial charge in [0.25, 0.3) is 10.0 Å². The number of nitrogens with zero attached hydrogens (tertiary/aromatic N) is 2. The number of aromatic nitrogens is 2. The van der Waals surface area contributed by atoms with Gasteiger partial charge in [-0.15, -0.1) is 0 Å². The first kappa shape index (κ1) is 26.9. The highest BCUT2D eigenvalue weighted by Gasteiger charge is 2.39. The maximum Gasteiger partial charge on any atom is 0.435 e. The summed E-state index contributed by atoms with van der Waals surface area (Å²) in [5.41, 5.74) is 0.900. The van der Waals surface area contributed by atoms with E-state index in [1.807, 2.05) is 0 Å². The molecular formula is C26H22F4N4O3S. The highest BCUT2D eigenvalue weighted by molar-refractivity contribution is 7.90. The summed E-state index contributed by atoms with van der Waals surface area (Å²) in [5, 5.41) is 6.23. The van der Waals surface area contributed by atoms with Crippen molar-refractivity contribution in [2.75, 3.05) is 6.54 Å². The predicted octanol–water partition coefficient (Wildman–Crippen LogP) is 5.24. The van der Waals surface area contributed by atoms with Crippen molar-refractivity contribution in [3.8, 4) is 16.8 Å². The molecule has 0 unspecified atom stereocenters. The highest BCUT2D eigenvalue weighted by atomic mass is 32.2. The fourth-order valence-electron chi connectivity index (χ4n) is 3.90. The lowest BCUT2D eigenvalue weighted by Gasteiger charge is -2.10. The minimum atomic E-state index is -4.65. The van der Waals surface area contributed by atoms with Crippen molar-refractivity contribution >= 4 is 16.1 Å². The summed E-state index contributed by atoms with van der Waals surface area (Å²) >= 11 is 0. The van der Waals surface area contributed by atoms with Crippen LogP contribution in [0.2, 0.25) is 0 Å². The number of carbonyl (C=O) groups is 1. The monoisotopic (exact) mass is 546 g/mol. The molecule has 0 atom stereocenters. The number of nitrogens with one attached hydrogen (secondary N) is 2. The van der Waals surface area contributed by atoms with Crippen LogP contribution in [0, 0.1) is 12.7 Å². The molecule has 4 rings (SSSR count). The van der Waals surface area contributed by atoms with Gasteiger partial charge in [0.05, 0.1) is 5.69 Å². The molecule has 1 aromatic heterocycles. The highest BCUT2D eigenvalue weighted by Crippen LogP contribution is 2.39. The second kappa shape index (κ2) is 10.7. The van der Waals surface area contributed by atoms with E-state index in [1.54, 1.807) is 66.2 Å². The first-order chi connectivity index (χ1) is 18.0. The molecule has 0 radical (unpaired) electrons. The molecule has 0 bridgehead atoms. The van der Waals surface area contributed by atoms with Crippen LogP contribution >= 0.6 is 0 Å². The molecular weight excluding hydrogens is 524 g/mol. The smallest absolute Gasteiger partial charge is 0.337 e. The molecule has 0 aliphatic rings. The van der Waals surface area contributed by atoms with Crippen LogP contribution < -0.4 is 10.0 Å². The molecule has 0 spiro atoms. The lowest BCUT2D eigenvalue weighted by molar-refractivity contribution is -0.140. The molecule has 1 heterocycles. The largest absolute Gasteiger partial charge is 0.435 e. The Morgan fingerprint density at radius 3 is 2.21 bits per heavy atom. The average Bonchev–Trinajstić information content (AvgIpc) is 3.22. The number of alkyl halides is 3. The topological polar surface area (TPSA) is 93.1 Å². The van der Waals surface area contributed by atoms with E-state index in [1.165, 1.54) is 16.8 Å². The van der Waals surface area contributed by atoms with Gasteiger partial charge < -0.3 is 5.32 Å². The van der Waals surface area contributed by atoms with Gasteiger partial charge in [0.2, 0.25) is 0 Å². The number of rotatable bonds is 7. The molecule has 0 aliphatic carbocycles. The van der Waals surface area contributed by atoms with Gasteiger partial charge in [-0.25, -0.2) is 27.0 Å². The maximum atomic E-state index is 13.8. The van der Waals surface area contributed by atoms with Gasteiger partial charge in [0.1, 0.15) is 10.7 Å². The Hall–Kier alpha value is -4.19. The number of carbonyl (C=O) groups excluding carboxylic acids is 1. The Bertz CT molecular complexity index is 1550. The molecule has 12 heteroatoms. The number of hydrogen-bond acceptors (Lipinski definition) is 4. The van der Waals surface area contributed by atoms with E-state index in [4.69, 9.17) is 0 Å². The molecule has 0 saturated carbocycles. The molecule has 198 valence electrons. The molecule has 2 amide bonds. The van der Waals surface area contributed by atoms with Crippen molar-refractivity contribution in [2.24, 2.45) is 0 Å². The summed E-state index contributed by atoms with van der Waals surface area (Å²) in [6.45, 7) is 1.62. The van der Waals surface area contributed by atoms with Crippen LogP contribution in [0.4, 0.5) is 22.4 Å². The summed E-state index contributed by atoms with van der Waals surface area (Å²) in [5.74, 6) is -0.987. The molecule has 0 aliphatic heterocycles. The lowest BCUT2D eigenvalue weighted by atomic mass is 10.0. The van der Waals surface area contributed by atoms with Crippen LogP contribution in [0.15, 0.2) is 83.8 Å². The van der Waals surface area contributed by atoms with Gasteiger partial charge >= 0.3 is 12.2 Å². The molecule has 7 nitrogen and oxygen atoms in total. The van der Waals surface area contributed by atoms with E-state index in [0.29, 0.717) is 23.4 Å². The zero-order valence-electron chi connectivity index (χ0n) is 20.0. The summed E-state index contributed by atoms with van der Waals surface area (Å²) in [6.07, 6.45) is -4.35. The molecule has 3 aromatic carbocycles. The van der Waals surface area contributed by atoms with Crippen molar-refractivity contribution in [3.05, 3.63) is 102 Å². The Kier molecular flexibility index (Phi) is 7.53. The predicted molar refractivity (Wildman–Crippen MR) is 133 cm³/mol. The van der Waals surface area contributed by atoms with Gasteiger partial charge in [-0.05, 0) is 48.7 Å². The Morgan fingerprint density at radius 2 is 1.58 bits per heavy atom. The SMILES string of the molecule is Cc1c(-c2ccccc2)c(C(F)(F)F)nn1-c1ccc(CCNC(=O)NS(=O)(=O)c2ccccc2F)cc1. The van der Waals surface area contributed by atoms with Crippen LogP contribution in [0.25, 0.3) is 16.8 Å². The Labute approximate surface area is 216 Å². The standard InChI is InChI=1S/C26H22F4N4O3S/c1-17-23(19-7-3-2-4-8-19)24(26(28,29)30)32-34(17)20-13-11-18(12-14-20)15-16-31-25(35)33-38(36,37)22-10-6-5-9-21(22)27/h2-14H,15-16H2,1H3,(H2,31,33,35). The Balaban J connectivity index is 1.43. The van der Waals surface area contributed by atoms with Gasteiger partial charge in [-0.3, -0.25) is 0 Å². The third-order valence-electron chi connectivity index (χ3n) is 5.68. The second-order valence-electron chi connectivity index (χ2n) is 8.29. The minimum Gasteiger partial charge on any atom is -0.337 e. The fraction of sp³-hybridized carbons (Fsp3) is 0.154. The first-order valence-corrected chi connectivity index (χ1v) is 12.8. The van der Waals surface area contributed by atoms with E-state index >= 15 is 0 Å². The van der Waals surface area contributed by atoms with Crippen molar-refractivity contribution in [1.82, 2.24) is 19.8 Å². The number of halogens is 4. The van der Waals surface area contributed by atoms with E-state index in [-0.39, 0.29) is 12.1 Å². The fourth-order valence-corrected chi connectivity index (χ4v) is 4.91. The van der Waals surface area contributed by atoms with Gasteiger partial charge in [0.15, 0.2) is 5.69 Å². The third kappa shape index (κ3) is 5.86. The number of hydrogen-bond donors (Lipinski definition) is 2. The number of benzene rings is 3. The van der Waals surface area contributed by atoms with E-state index < -0.39 is 38.6 Å². The van der Waals surface area contributed by atoms with Crippen LogP contribution in [0.3, 0.4) is 0 Å². The van der Waals surface area contributed by atoms with Crippen molar-refractivity contribution in [2.45, 2.75) is 24.4 Å². The summed E-state index contributed by atoms with van der Waals surface area (Å²) in [4.78, 5) is 11.4. The van der Waals surface area contributed by atoms with Crippen LogP contribution in [0.1, 0.15) is 17.0 Å². The third-order valence-corrected chi connectivity index (χ3v) is 7.04. The van der Waals surface area contributed by atoms with Crippen LogP contribution in [-0.2, 0) is 22.6 Å². The van der Waals surface area contributed by atoms with E-state index in [2.05, 4.69) is 10.4 Å². The van der Waals surface area contributed by atoms with E-state index in [0.717, 1.165) is 17.7 Å². The zero-order chi connectivity index (χ0) is 27.5. The summed E-state index contributed by atoms with van der Waals surface area (Å²) in [6, 6.07) is 18.4. The summed E-state index contributed by atoms with van der Waals surface area (Å²) in [7, 11) is -4.38. The zero-order valence-corrected chi connectivity index (χ0v) is 20.8. The van der Waals surface area contributed by atoms with E-state index in [9.17, 15) is 30.8 Å². The number of sulfonamides is 1. The average molecular weight is 547 g/mol. The van der Waals surface area contributed by atoms with Crippen molar-refractivity contribution < 1.29 is 30.8 Å². The molecule has 0 saturated heterocycles. The minimum absolute atomic E-state index is 0.00252. The molecule has 4 aromatic rings. The first-order valence-electron chi connectivity index (χ1n) is 11.3. The van der Waals surface area contributed by atoms with Gasteiger partial charge in [0, 0.05) is 17.8 Å². The summed E-state index contributed by atoms with van der Waals surface area (Å²) < 4.78 is 82.4. The van der Waals surface area contributed by atoms with Crippen molar-refractivity contribution in [1.29, 1.82) is 0 Å². The maximum absolute atomic E-state index is 13.8. The normalized spacial score (nSPS) is 11.8. The Morgan fingerprint density at radius 1 is 0.947 bits per heavy atom. The number of urea groups is 1. The lowest BCUT2D eigenvalue weighted by Crippen LogP contribution is -2.40. The van der Waals surface area contributed by atoms with Gasteiger partial charge in [-0.1, -0.05) is 54.6 Å². The van der Waals surface area contributed by atoms with Crippen LogP contribution in [-0.4, -0.2) is 30.8 Å². The second-order valence-corrected chi connectivity index (χ2v) is 9.94.